The van der Waals surface area contributed by atoms with Gasteiger partial charge in [-0.2, -0.15) is 0 Å². The third kappa shape index (κ3) is 5.24. The number of anilines is 3. The highest BCUT2D eigenvalue weighted by Gasteiger charge is 2.15. The molecule has 0 aliphatic heterocycles. The first-order valence-corrected chi connectivity index (χ1v) is 10.2. The molecule has 0 aliphatic carbocycles. The van der Waals surface area contributed by atoms with Crippen molar-refractivity contribution in [1.29, 1.82) is 0 Å². The molecule has 0 saturated heterocycles. The molecule has 0 unspecified atom stereocenters. The number of para-hydroxylation sites is 1. The minimum Gasteiger partial charge on any atom is -0.493 e. The number of aryl methyl sites for hydroxylation is 1. The van der Waals surface area contributed by atoms with Gasteiger partial charge in [0.2, 0.25) is 0 Å². The van der Waals surface area contributed by atoms with Gasteiger partial charge >= 0.3 is 5.63 Å². The van der Waals surface area contributed by atoms with Crippen LogP contribution >= 0.6 is 0 Å². The predicted octanol–water partition coefficient (Wildman–Crippen LogP) is 2.88. The van der Waals surface area contributed by atoms with Crippen LogP contribution in [0.15, 0.2) is 64.2 Å². The molecule has 10 heteroatoms. The zero-order chi connectivity index (χ0) is 23.2. The molecule has 3 aromatic heterocycles. The highest BCUT2D eigenvalue weighted by molar-refractivity contribution is 5.97. The number of methoxy groups -OCH3 is 1. The number of hydrogen-bond donors (Lipinski definition) is 3. The molecule has 0 spiro atoms. The largest absolute Gasteiger partial charge is 0.493 e. The van der Waals surface area contributed by atoms with E-state index < -0.39 is 11.5 Å². The van der Waals surface area contributed by atoms with Crippen LogP contribution in [0.25, 0.3) is 11.0 Å². The van der Waals surface area contributed by atoms with Crippen LogP contribution in [-0.2, 0) is 0 Å². The zero-order valence-electron chi connectivity index (χ0n) is 18.1. The van der Waals surface area contributed by atoms with E-state index in [0.29, 0.717) is 40.7 Å². The van der Waals surface area contributed by atoms with Crippen molar-refractivity contribution in [2.24, 2.45) is 0 Å². The smallest absolute Gasteiger partial charge is 0.349 e. The lowest BCUT2D eigenvalue weighted by molar-refractivity contribution is 0.0951. The Balaban J connectivity index is 1.34. The number of rotatable bonds is 8. The molecule has 0 bridgehead atoms. The number of ether oxygens (including phenoxy) is 1. The summed E-state index contributed by atoms with van der Waals surface area (Å²) in [5, 5.41) is 9.52. The van der Waals surface area contributed by atoms with Gasteiger partial charge in [0.1, 0.15) is 29.3 Å². The van der Waals surface area contributed by atoms with E-state index in [0.717, 1.165) is 5.56 Å². The van der Waals surface area contributed by atoms with E-state index in [1.54, 1.807) is 30.5 Å². The zero-order valence-corrected chi connectivity index (χ0v) is 18.1. The van der Waals surface area contributed by atoms with Gasteiger partial charge in [0.15, 0.2) is 11.3 Å². The number of aromatic nitrogens is 3. The van der Waals surface area contributed by atoms with Gasteiger partial charge in [0.25, 0.3) is 5.91 Å². The third-order valence-corrected chi connectivity index (χ3v) is 4.74. The lowest BCUT2D eigenvalue weighted by atomic mass is 10.1. The summed E-state index contributed by atoms with van der Waals surface area (Å²) in [6.45, 7) is 2.63. The van der Waals surface area contributed by atoms with Gasteiger partial charge in [-0.3, -0.25) is 4.79 Å². The van der Waals surface area contributed by atoms with E-state index in [-0.39, 0.29) is 12.1 Å². The van der Waals surface area contributed by atoms with E-state index in [2.05, 4.69) is 30.9 Å². The van der Waals surface area contributed by atoms with Crippen LogP contribution in [-0.4, -0.2) is 41.1 Å². The van der Waals surface area contributed by atoms with Gasteiger partial charge in [-0.25, -0.2) is 19.7 Å². The number of fused-ring (bicyclic) bond motifs is 1. The molecule has 0 radical (unpaired) electrons. The Hall–Kier alpha value is -4.47. The van der Waals surface area contributed by atoms with Crippen LogP contribution in [0.2, 0.25) is 0 Å². The van der Waals surface area contributed by atoms with Gasteiger partial charge in [-0.05, 0) is 36.8 Å². The summed E-state index contributed by atoms with van der Waals surface area (Å²) in [5.41, 5.74) is 0.580. The third-order valence-electron chi connectivity index (χ3n) is 4.74. The molecule has 1 aromatic carbocycles. The van der Waals surface area contributed by atoms with Gasteiger partial charge in [-0.15, -0.1) is 0 Å². The average molecular weight is 446 g/mol. The fourth-order valence-corrected chi connectivity index (χ4v) is 3.16. The molecule has 33 heavy (non-hydrogen) atoms. The summed E-state index contributed by atoms with van der Waals surface area (Å²) < 4.78 is 10.5. The van der Waals surface area contributed by atoms with E-state index in [1.807, 2.05) is 19.1 Å². The summed E-state index contributed by atoms with van der Waals surface area (Å²) in [6, 6.07) is 12.2. The van der Waals surface area contributed by atoms with Crippen molar-refractivity contribution in [3.8, 4) is 5.75 Å². The van der Waals surface area contributed by atoms with Crippen molar-refractivity contribution in [1.82, 2.24) is 20.3 Å². The van der Waals surface area contributed by atoms with Crippen LogP contribution in [0.5, 0.6) is 5.75 Å². The van der Waals surface area contributed by atoms with Crippen molar-refractivity contribution in [2.45, 2.75) is 6.92 Å². The first-order chi connectivity index (χ1) is 16.0. The van der Waals surface area contributed by atoms with E-state index >= 15 is 0 Å². The minimum atomic E-state index is -0.728. The fraction of sp³-hybridized carbons (Fsp3) is 0.174. The topological polar surface area (TPSA) is 131 Å². The fourth-order valence-electron chi connectivity index (χ4n) is 3.16. The molecular formula is C23H22N6O4. The van der Waals surface area contributed by atoms with E-state index in [1.165, 1.54) is 19.5 Å². The average Bonchev–Trinajstić information content (AvgIpc) is 2.81. The lowest BCUT2D eigenvalue weighted by Crippen LogP contribution is -2.32. The van der Waals surface area contributed by atoms with Crippen LogP contribution < -0.4 is 26.3 Å². The number of nitrogens with zero attached hydrogens (tertiary/aromatic N) is 3. The van der Waals surface area contributed by atoms with E-state index in [9.17, 15) is 9.59 Å². The Morgan fingerprint density at radius 1 is 1.03 bits per heavy atom. The van der Waals surface area contributed by atoms with Gasteiger partial charge in [0, 0.05) is 30.7 Å². The number of carbonyl (C=O) groups is 1. The monoisotopic (exact) mass is 446 g/mol. The van der Waals surface area contributed by atoms with Gasteiger partial charge in [0.05, 0.1) is 7.11 Å². The van der Waals surface area contributed by atoms with Crippen molar-refractivity contribution >= 4 is 34.3 Å². The van der Waals surface area contributed by atoms with Crippen LogP contribution in [0.4, 0.5) is 17.5 Å². The van der Waals surface area contributed by atoms with E-state index in [4.69, 9.17) is 9.15 Å². The maximum atomic E-state index is 12.5. The molecule has 168 valence electrons. The summed E-state index contributed by atoms with van der Waals surface area (Å²) in [7, 11) is 1.48. The second-order valence-corrected chi connectivity index (χ2v) is 7.14. The van der Waals surface area contributed by atoms with Crippen molar-refractivity contribution in [3.05, 3.63) is 76.5 Å². The second kappa shape index (κ2) is 9.77. The van der Waals surface area contributed by atoms with Gasteiger partial charge in [-0.1, -0.05) is 12.1 Å². The van der Waals surface area contributed by atoms with Crippen molar-refractivity contribution in [3.63, 3.8) is 0 Å². The summed E-state index contributed by atoms with van der Waals surface area (Å²) in [6.07, 6.45) is 3.14. The minimum absolute atomic E-state index is 0.0741. The Kier molecular flexibility index (Phi) is 6.44. The van der Waals surface area contributed by atoms with Crippen molar-refractivity contribution in [2.75, 3.05) is 30.8 Å². The Bertz CT molecular complexity index is 1350. The Labute approximate surface area is 189 Å². The number of nitrogens with one attached hydrogen (secondary N) is 3. The van der Waals surface area contributed by atoms with Crippen LogP contribution in [0, 0.1) is 6.92 Å². The van der Waals surface area contributed by atoms with Crippen LogP contribution in [0.1, 0.15) is 15.9 Å². The van der Waals surface area contributed by atoms with Crippen molar-refractivity contribution < 1.29 is 13.9 Å². The lowest BCUT2D eigenvalue weighted by Gasteiger charge is -2.09. The molecule has 0 aliphatic rings. The molecule has 0 fully saturated rings. The first-order valence-electron chi connectivity index (χ1n) is 10.2. The maximum Gasteiger partial charge on any atom is 0.349 e. The molecule has 3 heterocycles. The Morgan fingerprint density at radius 2 is 1.85 bits per heavy atom. The number of carbonyl (C=O) groups excluding carboxylic acids is 1. The predicted molar refractivity (Wildman–Crippen MR) is 124 cm³/mol. The Morgan fingerprint density at radius 3 is 2.67 bits per heavy atom. The quantitative estimate of drug-likeness (QED) is 0.276. The molecule has 3 N–H and O–H groups in total. The number of benzene rings is 1. The molecule has 10 nitrogen and oxygen atoms in total. The normalized spacial score (nSPS) is 10.6. The standard InChI is InChI=1S/C23H22N6O4/c1-14-6-7-24-19(10-14)29-20-12-18(27-13-28-20)25-8-9-26-22(30)16-11-15-4-3-5-17(32-2)21(15)33-23(16)31/h3-7,10-13H,8-9H2,1-2H3,(H,26,30)(H2,24,25,27,28,29). The molecule has 1 amide bonds. The second-order valence-electron chi connectivity index (χ2n) is 7.14. The molecule has 4 aromatic rings. The maximum absolute atomic E-state index is 12.5. The SMILES string of the molecule is COc1cccc2cc(C(=O)NCCNc3cc(Nc4cc(C)ccn4)ncn3)c(=O)oc12. The molecule has 0 atom stereocenters. The first kappa shape index (κ1) is 21.8. The number of hydrogen-bond acceptors (Lipinski definition) is 9. The molecule has 4 rings (SSSR count). The van der Waals surface area contributed by atoms with Crippen LogP contribution in [0.3, 0.4) is 0 Å². The number of amides is 1. The molecule has 0 saturated carbocycles. The summed E-state index contributed by atoms with van der Waals surface area (Å²) in [5.74, 6) is 1.74. The summed E-state index contributed by atoms with van der Waals surface area (Å²) >= 11 is 0. The summed E-state index contributed by atoms with van der Waals surface area (Å²) in [4.78, 5) is 37.4. The number of pyridine rings is 1. The van der Waals surface area contributed by atoms with Gasteiger partial charge < -0.3 is 25.1 Å². The highest BCUT2D eigenvalue weighted by atomic mass is 16.5. The highest BCUT2D eigenvalue weighted by Crippen LogP contribution is 2.24. The molecular weight excluding hydrogens is 424 g/mol.